The highest BCUT2D eigenvalue weighted by Gasteiger charge is 2.33. The van der Waals surface area contributed by atoms with Gasteiger partial charge in [-0.1, -0.05) is 24.6 Å². The minimum atomic E-state index is -4.56. The number of alkyl halides is 3. The standard InChI is InChI=1S/C17H19F3N4O/c18-17(19,20)15-10-14(22-23-15)16(25)21-13-7-3-2-6-12(13)11-24-8-4-1-5-9-24/h2-3,6-7,10H,1,4-5,8-9,11H2,(H,21,25)(H,22,23). The number of nitrogens with one attached hydrogen (secondary N) is 2. The maximum Gasteiger partial charge on any atom is 0.432 e. The third-order valence-electron chi connectivity index (χ3n) is 4.22. The predicted octanol–water partition coefficient (Wildman–Crippen LogP) is 3.67. The molecule has 1 amide bonds. The highest BCUT2D eigenvalue weighted by Crippen LogP contribution is 2.28. The smallest absolute Gasteiger partial charge is 0.320 e. The molecule has 0 spiro atoms. The quantitative estimate of drug-likeness (QED) is 0.883. The van der Waals surface area contributed by atoms with Gasteiger partial charge in [0.2, 0.25) is 0 Å². The zero-order valence-electron chi connectivity index (χ0n) is 13.6. The molecule has 1 fully saturated rings. The molecule has 0 unspecified atom stereocenters. The topological polar surface area (TPSA) is 61.0 Å². The van der Waals surface area contributed by atoms with Crippen LogP contribution >= 0.6 is 0 Å². The van der Waals surface area contributed by atoms with E-state index in [1.165, 1.54) is 6.42 Å². The van der Waals surface area contributed by atoms with Crippen molar-refractivity contribution < 1.29 is 18.0 Å². The van der Waals surface area contributed by atoms with Crippen molar-refractivity contribution in [2.75, 3.05) is 18.4 Å². The molecule has 1 saturated heterocycles. The van der Waals surface area contributed by atoms with Crippen LogP contribution in [0, 0.1) is 0 Å². The molecular weight excluding hydrogens is 333 g/mol. The third-order valence-corrected chi connectivity index (χ3v) is 4.22. The van der Waals surface area contributed by atoms with Crippen LogP contribution in [0.25, 0.3) is 0 Å². The van der Waals surface area contributed by atoms with E-state index in [0.29, 0.717) is 18.3 Å². The van der Waals surface area contributed by atoms with Crippen molar-refractivity contribution in [2.24, 2.45) is 0 Å². The van der Waals surface area contributed by atoms with E-state index in [-0.39, 0.29) is 5.69 Å². The summed E-state index contributed by atoms with van der Waals surface area (Å²) in [4.78, 5) is 14.5. The lowest BCUT2D eigenvalue weighted by Gasteiger charge is -2.27. The van der Waals surface area contributed by atoms with Crippen LogP contribution in [0.5, 0.6) is 0 Å². The van der Waals surface area contributed by atoms with Gasteiger partial charge in [0.1, 0.15) is 5.69 Å². The number of piperidine rings is 1. The Balaban J connectivity index is 1.71. The normalized spacial score (nSPS) is 16.0. The molecule has 0 aliphatic carbocycles. The predicted molar refractivity (Wildman–Crippen MR) is 87.1 cm³/mol. The van der Waals surface area contributed by atoms with E-state index in [1.807, 2.05) is 17.2 Å². The Bertz CT molecular complexity index is 735. The first-order valence-corrected chi connectivity index (χ1v) is 8.18. The molecule has 2 N–H and O–H groups in total. The van der Waals surface area contributed by atoms with Crippen LogP contribution in [0.4, 0.5) is 18.9 Å². The number of rotatable bonds is 4. The summed E-state index contributed by atoms with van der Waals surface area (Å²) >= 11 is 0. The molecule has 1 aromatic heterocycles. The van der Waals surface area contributed by atoms with E-state index < -0.39 is 17.8 Å². The summed E-state index contributed by atoms with van der Waals surface area (Å²) in [5.74, 6) is -0.669. The van der Waals surface area contributed by atoms with Gasteiger partial charge in [-0.15, -0.1) is 0 Å². The van der Waals surface area contributed by atoms with Crippen molar-refractivity contribution in [3.05, 3.63) is 47.3 Å². The number of amides is 1. The van der Waals surface area contributed by atoms with Gasteiger partial charge in [-0.25, -0.2) is 0 Å². The van der Waals surface area contributed by atoms with Gasteiger partial charge >= 0.3 is 6.18 Å². The summed E-state index contributed by atoms with van der Waals surface area (Å²) in [5, 5.41) is 7.97. The molecule has 0 bridgehead atoms. The van der Waals surface area contributed by atoms with Gasteiger partial charge in [0.15, 0.2) is 5.69 Å². The lowest BCUT2D eigenvalue weighted by molar-refractivity contribution is -0.141. The Morgan fingerprint density at radius 1 is 1.20 bits per heavy atom. The van der Waals surface area contributed by atoms with Gasteiger partial charge in [0.05, 0.1) is 0 Å². The number of hydrogen-bond acceptors (Lipinski definition) is 3. The first kappa shape index (κ1) is 17.5. The molecule has 134 valence electrons. The Kier molecular flexibility index (Phi) is 5.08. The maximum absolute atomic E-state index is 12.6. The SMILES string of the molecule is O=C(Nc1ccccc1CN1CCCCC1)c1cc(C(F)(F)F)[nH]n1. The van der Waals surface area contributed by atoms with Crippen molar-refractivity contribution in [1.82, 2.24) is 15.1 Å². The number of carbonyl (C=O) groups excluding carboxylic acids is 1. The summed E-state index contributed by atoms with van der Waals surface area (Å²) in [7, 11) is 0. The summed E-state index contributed by atoms with van der Waals surface area (Å²) in [6, 6.07) is 8.03. The van der Waals surface area contributed by atoms with Crippen molar-refractivity contribution >= 4 is 11.6 Å². The van der Waals surface area contributed by atoms with E-state index in [0.717, 1.165) is 31.5 Å². The number of hydrogen-bond donors (Lipinski definition) is 2. The number of carbonyl (C=O) groups is 1. The molecule has 5 nitrogen and oxygen atoms in total. The minimum absolute atomic E-state index is 0.292. The monoisotopic (exact) mass is 352 g/mol. The van der Waals surface area contributed by atoms with Crippen molar-refractivity contribution in [3.63, 3.8) is 0 Å². The van der Waals surface area contributed by atoms with E-state index >= 15 is 0 Å². The molecule has 1 aliphatic rings. The van der Waals surface area contributed by atoms with Gasteiger partial charge < -0.3 is 5.32 Å². The maximum atomic E-state index is 12.6. The number of nitrogens with zero attached hydrogens (tertiary/aromatic N) is 2. The number of para-hydroxylation sites is 1. The number of halogens is 3. The summed E-state index contributed by atoms with van der Waals surface area (Å²) < 4.78 is 37.8. The van der Waals surface area contributed by atoms with E-state index in [1.54, 1.807) is 12.1 Å². The first-order valence-electron chi connectivity index (χ1n) is 8.18. The Labute approximate surface area is 143 Å². The highest BCUT2D eigenvalue weighted by atomic mass is 19.4. The average Bonchev–Trinajstić information content (AvgIpc) is 3.08. The molecule has 1 aliphatic heterocycles. The molecule has 0 saturated carbocycles. The largest absolute Gasteiger partial charge is 0.432 e. The fraction of sp³-hybridized carbons (Fsp3) is 0.412. The zero-order valence-corrected chi connectivity index (χ0v) is 13.6. The molecule has 2 aromatic rings. The molecule has 25 heavy (non-hydrogen) atoms. The van der Waals surface area contributed by atoms with Crippen molar-refractivity contribution in [2.45, 2.75) is 32.0 Å². The molecule has 1 aromatic carbocycles. The molecule has 0 radical (unpaired) electrons. The first-order chi connectivity index (χ1) is 11.9. The Morgan fingerprint density at radius 3 is 2.60 bits per heavy atom. The number of benzene rings is 1. The van der Waals surface area contributed by atoms with E-state index in [4.69, 9.17) is 0 Å². The van der Waals surface area contributed by atoms with Gasteiger partial charge in [-0.3, -0.25) is 14.8 Å². The Morgan fingerprint density at radius 2 is 1.92 bits per heavy atom. The minimum Gasteiger partial charge on any atom is -0.320 e. The van der Waals surface area contributed by atoms with Crippen LogP contribution in [0.1, 0.15) is 41.0 Å². The zero-order chi connectivity index (χ0) is 17.9. The second kappa shape index (κ2) is 7.26. The average molecular weight is 352 g/mol. The number of aromatic amines is 1. The van der Waals surface area contributed by atoms with E-state index in [2.05, 4.69) is 15.3 Å². The Hall–Kier alpha value is -2.35. The van der Waals surface area contributed by atoms with Crippen molar-refractivity contribution in [3.8, 4) is 0 Å². The second-order valence-electron chi connectivity index (χ2n) is 6.11. The molecule has 8 heteroatoms. The van der Waals surface area contributed by atoms with Crippen molar-refractivity contribution in [1.29, 1.82) is 0 Å². The van der Waals surface area contributed by atoms with Crippen LogP contribution in [0.2, 0.25) is 0 Å². The van der Waals surface area contributed by atoms with E-state index in [9.17, 15) is 18.0 Å². The van der Waals surface area contributed by atoms with Crippen LogP contribution in [0.3, 0.4) is 0 Å². The molecule has 2 heterocycles. The summed E-state index contributed by atoms with van der Waals surface area (Å²) in [5.41, 5.74) is 0.193. The number of likely N-dealkylation sites (tertiary alicyclic amines) is 1. The van der Waals surface area contributed by atoms with Gasteiger partial charge in [0.25, 0.3) is 5.91 Å². The molecule has 0 atom stereocenters. The number of aromatic nitrogens is 2. The van der Waals surface area contributed by atoms with Gasteiger partial charge in [0, 0.05) is 18.3 Å². The fourth-order valence-electron chi connectivity index (χ4n) is 2.91. The van der Waals surface area contributed by atoms with Crippen LogP contribution in [-0.4, -0.2) is 34.1 Å². The molecule has 3 rings (SSSR count). The van der Waals surface area contributed by atoms with Gasteiger partial charge in [-0.05, 0) is 37.6 Å². The summed E-state index contributed by atoms with van der Waals surface area (Å²) in [6.07, 6.45) is -1.02. The molecular formula is C17H19F3N4O. The fourth-order valence-corrected chi connectivity index (χ4v) is 2.91. The van der Waals surface area contributed by atoms with Crippen LogP contribution < -0.4 is 5.32 Å². The lowest BCUT2D eigenvalue weighted by atomic mass is 10.1. The van der Waals surface area contributed by atoms with Crippen LogP contribution in [0.15, 0.2) is 30.3 Å². The van der Waals surface area contributed by atoms with Crippen LogP contribution in [-0.2, 0) is 12.7 Å². The number of anilines is 1. The second-order valence-corrected chi connectivity index (χ2v) is 6.11. The summed E-state index contributed by atoms with van der Waals surface area (Å²) in [6.45, 7) is 2.72. The highest BCUT2D eigenvalue weighted by molar-refractivity contribution is 6.03. The number of H-pyrrole nitrogens is 1. The third kappa shape index (κ3) is 4.39. The van der Waals surface area contributed by atoms with Gasteiger partial charge in [-0.2, -0.15) is 18.3 Å². The lowest BCUT2D eigenvalue weighted by Crippen LogP contribution is -2.29.